The van der Waals surface area contributed by atoms with E-state index in [2.05, 4.69) is 15.3 Å². The average molecular weight is 248 g/mol. The van der Waals surface area contributed by atoms with Gasteiger partial charge in [0.05, 0.1) is 5.69 Å². The molecule has 0 amide bonds. The standard InChI is InChI=1S/C13H14ClN3/c1-8-4-5-10(7-11(8)14)12-6-9(2)16-13(15-3)17-12/h4-7H,1-3H3,(H,15,16,17). The van der Waals surface area contributed by atoms with Gasteiger partial charge in [-0.2, -0.15) is 0 Å². The van der Waals surface area contributed by atoms with Crippen LogP contribution in [0.5, 0.6) is 0 Å². The predicted octanol–water partition coefficient (Wildman–Crippen LogP) is 3.46. The number of nitrogens with one attached hydrogen (secondary N) is 1. The lowest BCUT2D eigenvalue weighted by Crippen LogP contribution is -1.99. The van der Waals surface area contributed by atoms with E-state index in [-0.39, 0.29) is 0 Å². The van der Waals surface area contributed by atoms with Crippen LogP contribution in [0.1, 0.15) is 11.3 Å². The third-order valence-corrected chi connectivity index (χ3v) is 2.95. The minimum absolute atomic E-state index is 0.622. The van der Waals surface area contributed by atoms with Crippen LogP contribution in [0.25, 0.3) is 11.3 Å². The minimum Gasteiger partial charge on any atom is -0.357 e. The maximum atomic E-state index is 6.12. The Bertz CT molecular complexity index is 552. The number of rotatable bonds is 2. The Morgan fingerprint density at radius 1 is 1.12 bits per heavy atom. The second kappa shape index (κ2) is 4.72. The van der Waals surface area contributed by atoms with E-state index >= 15 is 0 Å². The number of nitrogens with zero attached hydrogens (tertiary/aromatic N) is 2. The number of halogens is 1. The summed E-state index contributed by atoms with van der Waals surface area (Å²) in [7, 11) is 1.81. The van der Waals surface area contributed by atoms with Crippen LogP contribution < -0.4 is 5.32 Å². The number of benzene rings is 1. The van der Waals surface area contributed by atoms with Gasteiger partial charge in [-0.05, 0) is 31.5 Å². The first kappa shape index (κ1) is 11.9. The first-order chi connectivity index (χ1) is 8.10. The molecule has 0 aliphatic rings. The summed E-state index contributed by atoms with van der Waals surface area (Å²) in [6.07, 6.45) is 0. The molecule has 0 aliphatic heterocycles. The highest BCUT2D eigenvalue weighted by atomic mass is 35.5. The first-order valence-electron chi connectivity index (χ1n) is 5.40. The third-order valence-electron chi connectivity index (χ3n) is 2.55. The van der Waals surface area contributed by atoms with Crippen molar-refractivity contribution in [1.29, 1.82) is 0 Å². The van der Waals surface area contributed by atoms with E-state index in [4.69, 9.17) is 11.6 Å². The molecule has 1 aromatic carbocycles. The van der Waals surface area contributed by atoms with Crippen LogP contribution in [0.3, 0.4) is 0 Å². The summed E-state index contributed by atoms with van der Waals surface area (Å²) in [5.74, 6) is 0.622. The van der Waals surface area contributed by atoms with Crippen LogP contribution in [0.2, 0.25) is 5.02 Å². The summed E-state index contributed by atoms with van der Waals surface area (Å²) in [6.45, 7) is 3.93. The van der Waals surface area contributed by atoms with Gasteiger partial charge >= 0.3 is 0 Å². The Balaban J connectivity index is 2.52. The highest BCUT2D eigenvalue weighted by Crippen LogP contribution is 2.24. The fraction of sp³-hybridized carbons (Fsp3) is 0.231. The van der Waals surface area contributed by atoms with Crippen LogP contribution in [-0.4, -0.2) is 17.0 Å². The largest absolute Gasteiger partial charge is 0.357 e. The monoisotopic (exact) mass is 247 g/mol. The summed E-state index contributed by atoms with van der Waals surface area (Å²) in [5.41, 5.74) is 3.87. The zero-order chi connectivity index (χ0) is 12.4. The van der Waals surface area contributed by atoms with E-state index in [1.54, 1.807) is 7.05 Å². The van der Waals surface area contributed by atoms with Crippen molar-refractivity contribution in [3.63, 3.8) is 0 Å². The maximum Gasteiger partial charge on any atom is 0.223 e. The second-order valence-corrected chi connectivity index (χ2v) is 4.34. The summed E-state index contributed by atoms with van der Waals surface area (Å²) in [5, 5.41) is 3.70. The van der Waals surface area contributed by atoms with Gasteiger partial charge in [0, 0.05) is 23.3 Å². The SMILES string of the molecule is CNc1nc(C)cc(-c2ccc(C)c(Cl)c2)n1. The van der Waals surface area contributed by atoms with E-state index in [1.165, 1.54) is 0 Å². The fourth-order valence-corrected chi connectivity index (χ4v) is 1.76. The van der Waals surface area contributed by atoms with Gasteiger partial charge in [-0.25, -0.2) is 9.97 Å². The van der Waals surface area contributed by atoms with Crippen molar-refractivity contribution < 1.29 is 0 Å². The summed E-state index contributed by atoms with van der Waals surface area (Å²) < 4.78 is 0. The fourth-order valence-electron chi connectivity index (χ4n) is 1.58. The van der Waals surface area contributed by atoms with Crippen LogP contribution in [-0.2, 0) is 0 Å². The molecule has 0 saturated carbocycles. The Labute approximate surface area is 106 Å². The number of hydrogen-bond acceptors (Lipinski definition) is 3. The van der Waals surface area contributed by atoms with E-state index in [0.717, 1.165) is 27.5 Å². The van der Waals surface area contributed by atoms with Crippen LogP contribution in [0, 0.1) is 13.8 Å². The average Bonchev–Trinajstić information content (AvgIpc) is 2.32. The first-order valence-corrected chi connectivity index (χ1v) is 5.78. The normalized spacial score (nSPS) is 10.4. The molecule has 0 atom stereocenters. The van der Waals surface area contributed by atoms with Crippen LogP contribution >= 0.6 is 11.6 Å². The smallest absolute Gasteiger partial charge is 0.223 e. The zero-order valence-electron chi connectivity index (χ0n) is 10.1. The number of anilines is 1. The van der Waals surface area contributed by atoms with Crippen molar-refractivity contribution in [2.24, 2.45) is 0 Å². The molecule has 0 aliphatic carbocycles. The van der Waals surface area contributed by atoms with Crippen LogP contribution in [0.4, 0.5) is 5.95 Å². The predicted molar refractivity (Wildman–Crippen MR) is 71.5 cm³/mol. The minimum atomic E-state index is 0.622. The van der Waals surface area contributed by atoms with E-state index in [0.29, 0.717) is 5.95 Å². The Kier molecular flexibility index (Phi) is 3.29. The summed E-state index contributed by atoms with van der Waals surface area (Å²) >= 11 is 6.12. The van der Waals surface area contributed by atoms with E-state index < -0.39 is 0 Å². The Morgan fingerprint density at radius 3 is 2.53 bits per heavy atom. The van der Waals surface area contributed by atoms with Gasteiger partial charge < -0.3 is 5.32 Å². The Hall–Kier alpha value is -1.61. The number of hydrogen-bond donors (Lipinski definition) is 1. The quantitative estimate of drug-likeness (QED) is 0.883. The van der Waals surface area contributed by atoms with Crippen molar-refractivity contribution >= 4 is 17.5 Å². The van der Waals surface area contributed by atoms with Crippen molar-refractivity contribution in [1.82, 2.24) is 9.97 Å². The summed E-state index contributed by atoms with van der Waals surface area (Å²) in [6, 6.07) is 7.89. The molecule has 4 heteroatoms. The number of aromatic nitrogens is 2. The topological polar surface area (TPSA) is 37.8 Å². The third kappa shape index (κ3) is 2.56. The summed E-state index contributed by atoms with van der Waals surface area (Å²) in [4.78, 5) is 8.67. The molecule has 0 radical (unpaired) electrons. The molecular formula is C13H14ClN3. The van der Waals surface area contributed by atoms with Gasteiger partial charge in [-0.1, -0.05) is 23.7 Å². The van der Waals surface area contributed by atoms with E-state index in [1.807, 2.05) is 38.1 Å². The second-order valence-electron chi connectivity index (χ2n) is 3.93. The lowest BCUT2D eigenvalue weighted by Gasteiger charge is -2.07. The van der Waals surface area contributed by atoms with Crippen molar-refractivity contribution in [2.45, 2.75) is 13.8 Å². The van der Waals surface area contributed by atoms with Gasteiger partial charge in [0.15, 0.2) is 0 Å². The molecule has 0 fully saturated rings. The lowest BCUT2D eigenvalue weighted by molar-refractivity contribution is 1.10. The molecular weight excluding hydrogens is 234 g/mol. The molecule has 2 rings (SSSR count). The van der Waals surface area contributed by atoms with Crippen molar-refractivity contribution in [2.75, 3.05) is 12.4 Å². The van der Waals surface area contributed by atoms with Crippen molar-refractivity contribution in [3.05, 3.63) is 40.5 Å². The molecule has 1 heterocycles. The molecule has 1 aromatic heterocycles. The molecule has 0 saturated heterocycles. The van der Waals surface area contributed by atoms with Gasteiger partial charge in [-0.15, -0.1) is 0 Å². The molecule has 3 nitrogen and oxygen atoms in total. The highest BCUT2D eigenvalue weighted by Gasteiger charge is 2.05. The van der Waals surface area contributed by atoms with Crippen LogP contribution in [0.15, 0.2) is 24.3 Å². The van der Waals surface area contributed by atoms with Crippen molar-refractivity contribution in [3.8, 4) is 11.3 Å². The molecule has 17 heavy (non-hydrogen) atoms. The molecule has 88 valence electrons. The molecule has 1 N–H and O–H groups in total. The molecule has 0 unspecified atom stereocenters. The van der Waals surface area contributed by atoms with E-state index in [9.17, 15) is 0 Å². The van der Waals surface area contributed by atoms with Gasteiger partial charge in [0.2, 0.25) is 5.95 Å². The molecule has 2 aromatic rings. The maximum absolute atomic E-state index is 6.12. The van der Waals surface area contributed by atoms with Gasteiger partial charge in [0.1, 0.15) is 0 Å². The molecule has 0 bridgehead atoms. The number of aryl methyl sites for hydroxylation is 2. The molecule has 0 spiro atoms. The Morgan fingerprint density at radius 2 is 1.88 bits per heavy atom. The zero-order valence-corrected chi connectivity index (χ0v) is 10.8. The van der Waals surface area contributed by atoms with Gasteiger partial charge in [-0.3, -0.25) is 0 Å². The lowest BCUT2D eigenvalue weighted by atomic mass is 10.1. The highest BCUT2D eigenvalue weighted by molar-refractivity contribution is 6.31. The van der Waals surface area contributed by atoms with Gasteiger partial charge in [0.25, 0.3) is 0 Å².